The highest BCUT2D eigenvalue weighted by Gasteiger charge is 2.35. The van der Waals surface area contributed by atoms with Gasteiger partial charge in [-0.05, 0) is 0 Å². The molecule has 0 unspecified atom stereocenters. The highest BCUT2D eigenvalue weighted by atomic mass is 32.1. The second kappa shape index (κ2) is 5.80. The van der Waals surface area contributed by atoms with Crippen LogP contribution in [-0.2, 0) is 15.7 Å². The number of nitrogens with one attached hydrogen (secondary N) is 1. The molecule has 6 nitrogen and oxygen atoms in total. The third-order valence-electron chi connectivity index (χ3n) is 2.38. The van der Waals surface area contributed by atoms with Crippen molar-refractivity contribution in [3.8, 4) is 0 Å². The quantitative estimate of drug-likeness (QED) is 0.895. The lowest BCUT2D eigenvalue weighted by atomic mass is 10.4. The molecule has 1 saturated heterocycles. The lowest BCUT2D eigenvalue weighted by Gasteiger charge is -2.25. The van der Waals surface area contributed by atoms with E-state index in [0.29, 0.717) is 37.6 Å². The number of ether oxygens (including phenoxy) is 1. The average Bonchev–Trinajstić information content (AvgIpc) is 2.78. The van der Waals surface area contributed by atoms with Gasteiger partial charge in [0.25, 0.3) is 0 Å². The van der Waals surface area contributed by atoms with Crippen LogP contribution in [0.4, 0.5) is 18.3 Å². The molecule has 1 aromatic heterocycles. The number of anilines is 1. The van der Waals surface area contributed by atoms with Crippen LogP contribution < -0.4 is 5.32 Å². The number of hydrogen-bond donors (Lipinski definition) is 1. The molecule has 106 valence electrons. The maximum absolute atomic E-state index is 12.3. The number of carbonyl (C=O) groups is 1. The number of amides is 1. The number of halogens is 3. The maximum atomic E-state index is 12.3. The van der Waals surface area contributed by atoms with Gasteiger partial charge in [-0.15, -0.1) is 10.2 Å². The molecular weight excluding hydrogens is 285 g/mol. The summed E-state index contributed by atoms with van der Waals surface area (Å²) in [5.41, 5.74) is 0. The number of rotatable bonds is 3. The Morgan fingerprint density at radius 2 is 2.05 bits per heavy atom. The maximum Gasteiger partial charge on any atom is 0.445 e. The minimum absolute atomic E-state index is 0.101. The van der Waals surface area contributed by atoms with Crippen molar-refractivity contribution in [3.63, 3.8) is 0 Å². The molecule has 1 amide bonds. The summed E-state index contributed by atoms with van der Waals surface area (Å²) in [6, 6.07) is 0. The highest BCUT2D eigenvalue weighted by molar-refractivity contribution is 7.15. The third kappa shape index (κ3) is 4.11. The van der Waals surface area contributed by atoms with Crippen molar-refractivity contribution < 1.29 is 22.7 Å². The van der Waals surface area contributed by atoms with Gasteiger partial charge in [-0.25, -0.2) is 0 Å². The summed E-state index contributed by atoms with van der Waals surface area (Å²) in [7, 11) is 0. The molecule has 0 aromatic carbocycles. The topological polar surface area (TPSA) is 67.3 Å². The van der Waals surface area contributed by atoms with Gasteiger partial charge in [0.2, 0.25) is 16.0 Å². The minimum atomic E-state index is -4.54. The summed E-state index contributed by atoms with van der Waals surface area (Å²) in [5, 5.41) is 7.35. The Morgan fingerprint density at radius 1 is 1.37 bits per heavy atom. The van der Waals surface area contributed by atoms with Crippen molar-refractivity contribution in [2.75, 3.05) is 38.2 Å². The molecule has 0 spiro atoms. The number of nitrogens with zero attached hydrogens (tertiary/aromatic N) is 3. The third-order valence-corrected chi connectivity index (χ3v) is 3.27. The number of morpholine rings is 1. The van der Waals surface area contributed by atoms with Gasteiger partial charge in [-0.3, -0.25) is 15.0 Å². The van der Waals surface area contributed by atoms with Crippen LogP contribution in [0.1, 0.15) is 5.01 Å². The SMILES string of the molecule is O=C(CN1CCOCC1)Nc1nnc(C(F)(F)F)s1. The second-order valence-electron chi connectivity index (χ2n) is 3.85. The Labute approximate surface area is 110 Å². The first kappa shape index (κ1) is 14.2. The molecule has 0 aliphatic carbocycles. The molecular formula is C9H11F3N4O2S. The van der Waals surface area contributed by atoms with Crippen molar-refractivity contribution in [2.24, 2.45) is 0 Å². The normalized spacial score (nSPS) is 17.4. The number of carbonyl (C=O) groups excluding carboxylic acids is 1. The van der Waals surface area contributed by atoms with Gasteiger partial charge < -0.3 is 4.74 Å². The van der Waals surface area contributed by atoms with Crippen molar-refractivity contribution in [1.82, 2.24) is 15.1 Å². The number of hydrogen-bond acceptors (Lipinski definition) is 6. The van der Waals surface area contributed by atoms with Crippen LogP contribution in [0.15, 0.2) is 0 Å². The molecule has 2 heterocycles. The van der Waals surface area contributed by atoms with E-state index < -0.39 is 17.1 Å². The highest BCUT2D eigenvalue weighted by Crippen LogP contribution is 2.32. The van der Waals surface area contributed by atoms with E-state index in [9.17, 15) is 18.0 Å². The Balaban J connectivity index is 1.86. The smallest absolute Gasteiger partial charge is 0.379 e. The van der Waals surface area contributed by atoms with Crippen molar-refractivity contribution in [3.05, 3.63) is 5.01 Å². The largest absolute Gasteiger partial charge is 0.445 e. The van der Waals surface area contributed by atoms with Crippen molar-refractivity contribution in [2.45, 2.75) is 6.18 Å². The van der Waals surface area contributed by atoms with E-state index in [1.54, 1.807) is 0 Å². The van der Waals surface area contributed by atoms with Gasteiger partial charge >= 0.3 is 6.18 Å². The van der Waals surface area contributed by atoms with Gasteiger partial charge in [-0.2, -0.15) is 13.2 Å². The van der Waals surface area contributed by atoms with Crippen LogP contribution in [0.5, 0.6) is 0 Å². The Morgan fingerprint density at radius 3 is 2.63 bits per heavy atom. The van der Waals surface area contributed by atoms with E-state index in [-0.39, 0.29) is 11.7 Å². The number of aromatic nitrogens is 2. The van der Waals surface area contributed by atoms with Crippen LogP contribution in [0.2, 0.25) is 0 Å². The van der Waals surface area contributed by atoms with Gasteiger partial charge in [0.05, 0.1) is 19.8 Å². The fraction of sp³-hybridized carbons (Fsp3) is 0.667. The molecule has 1 aromatic rings. The molecule has 0 saturated carbocycles. The van der Waals surface area contributed by atoms with E-state index in [0.717, 1.165) is 0 Å². The fourth-order valence-corrected chi connectivity index (χ4v) is 2.14. The predicted octanol–water partition coefficient (Wildman–Crippen LogP) is 0.828. The van der Waals surface area contributed by atoms with E-state index >= 15 is 0 Å². The molecule has 19 heavy (non-hydrogen) atoms. The molecule has 0 atom stereocenters. The first-order valence-electron chi connectivity index (χ1n) is 5.46. The first-order chi connectivity index (χ1) is 8.95. The van der Waals surface area contributed by atoms with E-state index in [4.69, 9.17) is 4.74 Å². The average molecular weight is 296 g/mol. The molecule has 2 rings (SSSR count). The lowest BCUT2D eigenvalue weighted by Crippen LogP contribution is -2.41. The van der Waals surface area contributed by atoms with Gasteiger partial charge in [0, 0.05) is 13.1 Å². The van der Waals surface area contributed by atoms with Crippen LogP contribution in [-0.4, -0.2) is 53.9 Å². The van der Waals surface area contributed by atoms with Crippen LogP contribution in [0, 0.1) is 0 Å². The zero-order valence-electron chi connectivity index (χ0n) is 9.74. The standard InChI is InChI=1S/C9H11F3N4O2S/c10-9(11,12)7-14-15-8(19-7)13-6(17)5-16-1-3-18-4-2-16/h1-5H2,(H,13,15,17). The lowest BCUT2D eigenvalue weighted by molar-refractivity contribution is -0.138. The Bertz CT molecular complexity index is 445. The molecule has 1 aliphatic heterocycles. The van der Waals surface area contributed by atoms with Gasteiger partial charge in [0.15, 0.2) is 0 Å². The molecule has 1 aliphatic rings. The Kier molecular flexibility index (Phi) is 4.32. The Hall–Kier alpha value is -1.26. The predicted molar refractivity (Wildman–Crippen MR) is 60.8 cm³/mol. The summed E-state index contributed by atoms with van der Waals surface area (Å²) in [6.07, 6.45) is -4.54. The van der Waals surface area contributed by atoms with Gasteiger partial charge in [0.1, 0.15) is 0 Å². The zero-order valence-corrected chi connectivity index (χ0v) is 10.6. The van der Waals surface area contributed by atoms with Crippen LogP contribution >= 0.6 is 11.3 Å². The van der Waals surface area contributed by atoms with E-state index in [2.05, 4.69) is 15.5 Å². The molecule has 1 N–H and O–H groups in total. The summed E-state index contributed by atoms with van der Waals surface area (Å²) in [5.74, 6) is -0.410. The summed E-state index contributed by atoms with van der Waals surface area (Å²) in [6.45, 7) is 2.44. The molecule has 10 heteroatoms. The number of alkyl halides is 3. The van der Waals surface area contributed by atoms with E-state index in [1.807, 2.05) is 4.90 Å². The van der Waals surface area contributed by atoms with E-state index in [1.165, 1.54) is 0 Å². The summed E-state index contributed by atoms with van der Waals surface area (Å²) in [4.78, 5) is 13.5. The monoisotopic (exact) mass is 296 g/mol. The zero-order chi connectivity index (χ0) is 13.9. The van der Waals surface area contributed by atoms with Crippen molar-refractivity contribution in [1.29, 1.82) is 0 Å². The first-order valence-corrected chi connectivity index (χ1v) is 6.27. The van der Waals surface area contributed by atoms with Gasteiger partial charge in [-0.1, -0.05) is 11.3 Å². The van der Waals surface area contributed by atoms with Crippen LogP contribution in [0.3, 0.4) is 0 Å². The van der Waals surface area contributed by atoms with Crippen molar-refractivity contribution >= 4 is 22.4 Å². The minimum Gasteiger partial charge on any atom is -0.379 e. The molecule has 1 fully saturated rings. The van der Waals surface area contributed by atoms with Crippen LogP contribution in [0.25, 0.3) is 0 Å². The molecule has 0 radical (unpaired) electrons. The summed E-state index contributed by atoms with van der Waals surface area (Å²) < 4.78 is 42.0. The summed E-state index contributed by atoms with van der Waals surface area (Å²) >= 11 is 0.308. The fourth-order valence-electron chi connectivity index (χ4n) is 1.51. The molecule has 0 bridgehead atoms. The second-order valence-corrected chi connectivity index (χ2v) is 4.82.